The quantitative estimate of drug-likeness (QED) is 0.418. The summed E-state index contributed by atoms with van der Waals surface area (Å²) < 4.78 is 5.09. The molecule has 1 amide bonds. The summed E-state index contributed by atoms with van der Waals surface area (Å²) in [6.45, 7) is 3.42. The van der Waals surface area contributed by atoms with Gasteiger partial charge in [-0.3, -0.25) is 4.79 Å². The van der Waals surface area contributed by atoms with Crippen molar-refractivity contribution in [1.82, 2.24) is 10.2 Å². The summed E-state index contributed by atoms with van der Waals surface area (Å²) in [5, 5.41) is 30.4. The topological polar surface area (TPSA) is 122 Å². The van der Waals surface area contributed by atoms with E-state index in [4.69, 9.17) is 4.74 Å². The molecule has 0 saturated carbocycles. The molecule has 3 rings (SSSR count). The minimum atomic E-state index is -0.824. The number of rotatable bonds is 6. The summed E-state index contributed by atoms with van der Waals surface area (Å²) in [6, 6.07) is 10.3. The van der Waals surface area contributed by atoms with Gasteiger partial charge in [0.25, 0.3) is 5.91 Å². The van der Waals surface area contributed by atoms with Crippen molar-refractivity contribution < 1.29 is 24.5 Å². The van der Waals surface area contributed by atoms with Gasteiger partial charge in [0.1, 0.15) is 12.2 Å². The maximum atomic E-state index is 12.3. The lowest BCUT2D eigenvalue weighted by atomic mass is 10.1. The number of nitrogens with one attached hydrogen (secondary N) is 1. The summed E-state index contributed by atoms with van der Waals surface area (Å²) in [7, 11) is 0. The minimum absolute atomic E-state index is 0.131. The van der Waals surface area contributed by atoms with Gasteiger partial charge >= 0.3 is 5.97 Å². The number of hydrogen-bond acceptors (Lipinski definition) is 8. The number of phenols is 2. The van der Waals surface area contributed by atoms with Crippen molar-refractivity contribution in [2.24, 2.45) is 0 Å². The summed E-state index contributed by atoms with van der Waals surface area (Å²) >= 11 is 0.991. The van der Waals surface area contributed by atoms with E-state index in [9.17, 15) is 19.8 Å². The molecule has 3 aromatic rings. The van der Waals surface area contributed by atoms with Crippen LogP contribution in [-0.2, 0) is 17.8 Å². The molecule has 0 saturated heterocycles. The van der Waals surface area contributed by atoms with E-state index in [0.717, 1.165) is 23.3 Å². The zero-order valence-corrected chi connectivity index (χ0v) is 16.6. The molecule has 2 aromatic carbocycles. The molecule has 0 bridgehead atoms. The molecule has 9 heteroatoms. The van der Waals surface area contributed by atoms with Crippen molar-refractivity contribution in [3.05, 3.63) is 63.1 Å². The molecular formula is C20H19N3O5S. The number of carbonyl (C=O) groups is 2. The number of phenolic OH excluding ortho intramolecular Hbond substituents is 2. The number of ether oxygens (including phenoxy) is 1. The summed E-state index contributed by atoms with van der Waals surface area (Å²) in [5.74, 6) is -2.15. The van der Waals surface area contributed by atoms with Crippen molar-refractivity contribution in [1.29, 1.82) is 0 Å². The Hall–Kier alpha value is -3.46. The predicted molar refractivity (Wildman–Crippen MR) is 107 cm³/mol. The highest BCUT2D eigenvalue weighted by Gasteiger charge is 2.19. The molecule has 3 N–H and O–H groups in total. The molecule has 1 heterocycles. The van der Waals surface area contributed by atoms with Crippen molar-refractivity contribution in [3.63, 3.8) is 0 Å². The zero-order valence-electron chi connectivity index (χ0n) is 15.8. The molecule has 1 aromatic heterocycles. The van der Waals surface area contributed by atoms with Gasteiger partial charge in [-0.2, -0.15) is 0 Å². The number of amides is 1. The number of benzene rings is 2. The van der Waals surface area contributed by atoms with Crippen LogP contribution in [0, 0.1) is 6.92 Å². The number of anilines is 1. The number of aromatic nitrogens is 2. The van der Waals surface area contributed by atoms with E-state index in [1.807, 2.05) is 31.2 Å². The summed E-state index contributed by atoms with van der Waals surface area (Å²) in [6.07, 6.45) is 0.909. The maximum absolute atomic E-state index is 12.3. The number of nitrogens with zero attached hydrogens (tertiary/aromatic N) is 2. The summed E-state index contributed by atoms with van der Waals surface area (Å²) in [5.41, 5.74) is 2.08. The molecule has 150 valence electrons. The largest absolute Gasteiger partial charge is 0.504 e. The van der Waals surface area contributed by atoms with E-state index >= 15 is 0 Å². The third kappa shape index (κ3) is 4.69. The zero-order chi connectivity index (χ0) is 21.0. The van der Waals surface area contributed by atoms with Crippen molar-refractivity contribution in [2.75, 3.05) is 5.32 Å². The lowest BCUT2D eigenvalue weighted by molar-refractivity contribution is 0.0467. The molecular weight excluding hydrogens is 394 g/mol. The Balaban J connectivity index is 1.60. The molecule has 0 radical (unpaired) electrons. The first-order chi connectivity index (χ1) is 13.9. The van der Waals surface area contributed by atoms with Crippen LogP contribution < -0.4 is 5.32 Å². The highest BCUT2D eigenvalue weighted by Crippen LogP contribution is 2.32. The van der Waals surface area contributed by atoms with E-state index in [2.05, 4.69) is 15.5 Å². The van der Waals surface area contributed by atoms with Gasteiger partial charge in [0.15, 0.2) is 16.5 Å². The van der Waals surface area contributed by atoms with Gasteiger partial charge < -0.3 is 20.3 Å². The standard InChI is InChI=1S/C20H19N3O5S/c1-3-12-5-7-13(8-6-12)21-18(26)19-23-22-15(29-19)10-28-20(27)14-9-4-11(2)16(24)17(14)25/h4-9,24-25H,3,10H2,1-2H3,(H,21,26). The average Bonchev–Trinajstić information content (AvgIpc) is 3.20. The highest BCUT2D eigenvalue weighted by molar-refractivity contribution is 7.13. The van der Waals surface area contributed by atoms with Crippen molar-refractivity contribution in [2.45, 2.75) is 26.9 Å². The van der Waals surface area contributed by atoms with Crippen LogP contribution in [0.1, 0.15) is 43.2 Å². The minimum Gasteiger partial charge on any atom is -0.504 e. The van der Waals surface area contributed by atoms with Crippen LogP contribution in [0.4, 0.5) is 5.69 Å². The van der Waals surface area contributed by atoms with Crippen molar-refractivity contribution >= 4 is 28.9 Å². The number of aryl methyl sites for hydroxylation is 2. The number of carbonyl (C=O) groups excluding carboxylic acids is 2. The second kappa shape index (κ2) is 8.70. The van der Waals surface area contributed by atoms with Crippen LogP contribution in [0.2, 0.25) is 0 Å². The van der Waals surface area contributed by atoms with E-state index < -0.39 is 17.6 Å². The van der Waals surface area contributed by atoms with Gasteiger partial charge in [-0.05, 0) is 42.7 Å². The molecule has 0 spiro atoms. The summed E-state index contributed by atoms with van der Waals surface area (Å²) in [4.78, 5) is 24.4. The smallest absolute Gasteiger partial charge is 0.342 e. The lowest BCUT2D eigenvalue weighted by Gasteiger charge is -2.07. The van der Waals surface area contributed by atoms with Gasteiger partial charge in [0.05, 0.1) is 0 Å². The fraction of sp³-hybridized carbons (Fsp3) is 0.200. The Bertz CT molecular complexity index is 1050. The first-order valence-corrected chi connectivity index (χ1v) is 9.62. The molecule has 8 nitrogen and oxygen atoms in total. The molecule has 0 aliphatic heterocycles. The van der Waals surface area contributed by atoms with E-state index in [1.54, 1.807) is 6.92 Å². The Labute approximate surface area is 170 Å². The molecule has 0 aliphatic carbocycles. The first-order valence-electron chi connectivity index (χ1n) is 8.80. The van der Waals surface area contributed by atoms with E-state index in [1.165, 1.54) is 12.1 Å². The fourth-order valence-electron chi connectivity index (χ4n) is 2.46. The third-order valence-corrected chi connectivity index (χ3v) is 5.08. The lowest BCUT2D eigenvalue weighted by Crippen LogP contribution is -2.11. The Morgan fingerprint density at radius 3 is 2.48 bits per heavy atom. The molecule has 0 aliphatic rings. The Kier molecular flexibility index (Phi) is 6.08. The fourth-order valence-corrected chi connectivity index (χ4v) is 3.11. The van der Waals surface area contributed by atoms with Crippen LogP contribution in [0.15, 0.2) is 36.4 Å². The Morgan fingerprint density at radius 1 is 1.07 bits per heavy atom. The SMILES string of the molecule is CCc1ccc(NC(=O)c2nnc(COC(=O)c3ccc(C)c(O)c3O)s2)cc1. The van der Waals surface area contributed by atoms with Crippen LogP contribution in [0.5, 0.6) is 11.5 Å². The van der Waals surface area contributed by atoms with Gasteiger partial charge in [-0.25, -0.2) is 4.79 Å². The van der Waals surface area contributed by atoms with Crippen LogP contribution in [0.3, 0.4) is 0 Å². The monoisotopic (exact) mass is 413 g/mol. The normalized spacial score (nSPS) is 10.6. The molecule has 0 fully saturated rings. The maximum Gasteiger partial charge on any atom is 0.342 e. The second-order valence-corrected chi connectivity index (χ2v) is 7.27. The third-order valence-electron chi connectivity index (χ3n) is 4.18. The van der Waals surface area contributed by atoms with Crippen LogP contribution in [-0.4, -0.2) is 32.3 Å². The van der Waals surface area contributed by atoms with Gasteiger partial charge in [0, 0.05) is 5.69 Å². The molecule has 0 atom stereocenters. The van der Waals surface area contributed by atoms with Gasteiger partial charge in [-0.1, -0.05) is 36.5 Å². The van der Waals surface area contributed by atoms with E-state index in [0.29, 0.717) is 16.3 Å². The highest BCUT2D eigenvalue weighted by atomic mass is 32.1. The van der Waals surface area contributed by atoms with Crippen LogP contribution >= 0.6 is 11.3 Å². The second-order valence-electron chi connectivity index (χ2n) is 6.21. The van der Waals surface area contributed by atoms with Crippen molar-refractivity contribution in [3.8, 4) is 11.5 Å². The van der Waals surface area contributed by atoms with Crippen LogP contribution in [0.25, 0.3) is 0 Å². The van der Waals surface area contributed by atoms with Gasteiger partial charge in [-0.15, -0.1) is 10.2 Å². The molecule has 29 heavy (non-hydrogen) atoms. The number of hydrogen-bond donors (Lipinski definition) is 3. The Morgan fingerprint density at radius 2 is 1.79 bits per heavy atom. The predicted octanol–water partition coefficient (Wildman–Crippen LogP) is 3.43. The van der Waals surface area contributed by atoms with Gasteiger partial charge in [0.2, 0.25) is 5.01 Å². The average molecular weight is 413 g/mol. The number of aromatic hydroxyl groups is 2. The number of esters is 1. The van der Waals surface area contributed by atoms with E-state index in [-0.39, 0.29) is 22.9 Å². The molecule has 0 unspecified atom stereocenters. The first kappa shape index (κ1) is 20.3.